The number of nitrogens with zero attached hydrogens (tertiary/aromatic N) is 2. The lowest BCUT2D eigenvalue weighted by Gasteiger charge is -2.48. The third kappa shape index (κ3) is 2.24. The van der Waals surface area contributed by atoms with Crippen LogP contribution in [0.4, 0.5) is 0 Å². The van der Waals surface area contributed by atoms with Crippen molar-refractivity contribution in [2.75, 3.05) is 11.5 Å². The molecule has 0 radical (unpaired) electrons. The zero-order valence-electron chi connectivity index (χ0n) is 10.2. The van der Waals surface area contributed by atoms with E-state index >= 15 is 0 Å². The predicted molar refractivity (Wildman–Crippen MR) is 78.6 cm³/mol. The third-order valence-corrected chi connectivity index (χ3v) is 6.48. The summed E-state index contributed by atoms with van der Waals surface area (Å²) < 4.78 is 0.890. The van der Waals surface area contributed by atoms with Crippen molar-refractivity contribution in [1.82, 2.24) is 9.88 Å². The number of thioether (sulfide) groups is 2. The quantitative estimate of drug-likeness (QED) is 0.623. The number of carboxylic acid groups (broad SMARTS) is 1. The maximum Gasteiger partial charge on any atom is 0.352 e. The van der Waals surface area contributed by atoms with Crippen LogP contribution < -0.4 is 5.73 Å². The van der Waals surface area contributed by atoms with Gasteiger partial charge in [-0.05, 0) is 5.57 Å². The van der Waals surface area contributed by atoms with Crippen molar-refractivity contribution in [3.8, 4) is 0 Å². The van der Waals surface area contributed by atoms with E-state index < -0.39 is 12.0 Å². The second kappa shape index (κ2) is 5.40. The van der Waals surface area contributed by atoms with Gasteiger partial charge in [0.2, 0.25) is 5.91 Å². The van der Waals surface area contributed by atoms with Crippen LogP contribution in [0.2, 0.25) is 0 Å². The van der Waals surface area contributed by atoms with Crippen LogP contribution in [-0.2, 0) is 9.59 Å². The summed E-state index contributed by atoms with van der Waals surface area (Å²) in [5.74, 6) is -0.266. The minimum atomic E-state index is -1.06. The fraction of sp³-hybridized carbons (Fsp3) is 0.364. The Balaban J connectivity index is 1.82. The lowest BCUT2D eigenvalue weighted by atomic mass is 10.0. The monoisotopic (exact) mass is 329 g/mol. The molecule has 20 heavy (non-hydrogen) atoms. The second-order valence-corrected chi connectivity index (χ2v) is 7.50. The van der Waals surface area contributed by atoms with E-state index in [-0.39, 0.29) is 17.0 Å². The molecule has 0 aliphatic carbocycles. The molecule has 3 heterocycles. The first kappa shape index (κ1) is 13.9. The Bertz CT molecular complexity index is 587. The fourth-order valence-electron chi connectivity index (χ4n) is 2.12. The minimum absolute atomic E-state index is 0.101. The summed E-state index contributed by atoms with van der Waals surface area (Å²) in [6.07, 6.45) is 1.71. The van der Waals surface area contributed by atoms with E-state index in [1.54, 1.807) is 6.20 Å². The van der Waals surface area contributed by atoms with Crippen LogP contribution in [0.5, 0.6) is 0 Å². The highest BCUT2D eigenvalue weighted by Crippen LogP contribution is 2.40. The van der Waals surface area contributed by atoms with Gasteiger partial charge in [-0.25, -0.2) is 9.78 Å². The fourth-order valence-corrected chi connectivity index (χ4v) is 5.19. The van der Waals surface area contributed by atoms with Crippen LogP contribution in [0.15, 0.2) is 27.2 Å². The molecule has 2 aliphatic heterocycles. The van der Waals surface area contributed by atoms with Crippen LogP contribution in [0.25, 0.3) is 0 Å². The summed E-state index contributed by atoms with van der Waals surface area (Å²) in [5, 5.41) is 11.0. The molecule has 2 aliphatic rings. The molecular formula is C11H11N3O3S3. The lowest BCUT2D eigenvalue weighted by Crippen LogP contribution is -2.68. The van der Waals surface area contributed by atoms with Gasteiger partial charge in [0.15, 0.2) is 0 Å². The number of fused-ring (bicyclic) bond motifs is 1. The van der Waals surface area contributed by atoms with E-state index in [1.165, 1.54) is 39.8 Å². The zero-order chi connectivity index (χ0) is 14.3. The van der Waals surface area contributed by atoms with Gasteiger partial charge in [-0.3, -0.25) is 9.69 Å². The summed E-state index contributed by atoms with van der Waals surface area (Å²) in [6, 6.07) is -0.581. The topological polar surface area (TPSA) is 96.5 Å². The molecule has 1 amide bonds. The molecule has 0 spiro atoms. The number of hydrogen-bond acceptors (Lipinski definition) is 7. The standard InChI is InChI=1S/C11H11N3O3S3/c12-6-8(15)14-7(10(16)17)5(3-19-9(6)14)4-20-11-13-1-2-18-11/h1-2,6,9H,3-4,12H2,(H,16,17)/t6?,9-/m0/s1. The van der Waals surface area contributed by atoms with E-state index in [1.807, 2.05) is 5.38 Å². The Morgan fingerprint density at radius 1 is 1.65 bits per heavy atom. The third-order valence-electron chi connectivity index (χ3n) is 3.07. The SMILES string of the molecule is NC1C(=O)N2C(C(=O)O)=C(CSc3nccs3)CS[C@@H]12. The van der Waals surface area contributed by atoms with E-state index in [0.717, 1.165) is 9.91 Å². The van der Waals surface area contributed by atoms with Gasteiger partial charge >= 0.3 is 5.97 Å². The van der Waals surface area contributed by atoms with E-state index in [0.29, 0.717) is 11.5 Å². The Morgan fingerprint density at radius 2 is 2.45 bits per heavy atom. The normalized spacial score (nSPS) is 25.4. The molecule has 0 aromatic carbocycles. The smallest absolute Gasteiger partial charge is 0.352 e. The number of rotatable bonds is 4. The van der Waals surface area contributed by atoms with Gasteiger partial charge in [-0.2, -0.15) is 0 Å². The van der Waals surface area contributed by atoms with Gasteiger partial charge in [0.1, 0.15) is 21.5 Å². The minimum Gasteiger partial charge on any atom is -0.477 e. The van der Waals surface area contributed by atoms with Crippen molar-refractivity contribution >= 4 is 46.7 Å². The molecule has 1 saturated heterocycles. The van der Waals surface area contributed by atoms with E-state index in [4.69, 9.17) is 5.73 Å². The first-order valence-corrected chi connectivity index (χ1v) is 8.69. The molecule has 3 rings (SSSR count). The second-order valence-electron chi connectivity index (χ2n) is 4.28. The number of thiazole rings is 1. The first-order chi connectivity index (χ1) is 9.59. The van der Waals surface area contributed by atoms with Gasteiger partial charge in [0, 0.05) is 23.1 Å². The van der Waals surface area contributed by atoms with Crippen molar-refractivity contribution in [1.29, 1.82) is 0 Å². The molecule has 1 aromatic rings. The van der Waals surface area contributed by atoms with Crippen molar-refractivity contribution in [2.45, 2.75) is 15.8 Å². The van der Waals surface area contributed by atoms with Gasteiger partial charge in [0.05, 0.1) is 0 Å². The number of nitrogens with two attached hydrogens (primary N) is 1. The largest absolute Gasteiger partial charge is 0.477 e. The molecule has 0 bridgehead atoms. The van der Waals surface area contributed by atoms with Crippen LogP contribution in [-0.4, -0.2) is 49.8 Å². The molecule has 2 atom stereocenters. The summed E-state index contributed by atoms with van der Waals surface area (Å²) >= 11 is 4.52. The van der Waals surface area contributed by atoms with Crippen LogP contribution >= 0.6 is 34.9 Å². The number of hydrogen-bond donors (Lipinski definition) is 2. The highest BCUT2D eigenvalue weighted by Gasteiger charge is 2.51. The van der Waals surface area contributed by atoms with E-state index in [9.17, 15) is 14.7 Å². The molecule has 106 valence electrons. The number of carbonyl (C=O) groups excluding carboxylic acids is 1. The average Bonchev–Trinajstić information content (AvgIpc) is 2.96. The number of aliphatic carboxylic acids is 1. The molecule has 1 fully saturated rings. The maximum absolute atomic E-state index is 11.8. The summed E-state index contributed by atoms with van der Waals surface area (Å²) in [5.41, 5.74) is 6.55. The highest BCUT2D eigenvalue weighted by molar-refractivity contribution is 8.01. The first-order valence-electron chi connectivity index (χ1n) is 5.77. The predicted octanol–water partition coefficient (Wildman–Crippen LogP) is 0.816. The van der Waals surface area contributed by atoms with Crippen molar-refractivity contribution < 1.29 is 14.7 Å². The highest BCUT2D eigenvalue weighted by atomic mass is 32.2. The van der Waals surface area contributed by atoms with Gasteiger partial charge in [-0.1, -0.05) is 11.8 Å². The number of β-lactam (4-membered cyclic amide) rings is 1. The van der Waals surface area contributed by atoms with E-state index in [2.05, 4.69) is 4.98 Å². The number of carbonyl (C=O) groups is 2. The summed E-state index contributed by atoms with van der Waals surface area (Å²) in [6.45, 7) is 0. The summed E-state index contributed by atoms with van der Waals surface area (Å²) in [4.78, 5) is 28.7. The van der Waals surface area contributed by atoms with Gasteiger partial charge in [-0.15, -0.1) is 23.1 Å². The van der Waals surface area contributed by atoms with Crippen LogP contribution in [0.3, 0.4) is 0 Å². The van der Waals surface area contributed by atoms with Crippen molar-refractivity contribution in [3.05, 3.63) is 22.8 Å². The molecule has 1 aromatic heterocycles. The molecule has 3 N–H and O–H groups in total. The van der Waals surface area contributed by atoms with Crippen LogP contribution in [0.1, 0.15) is 0 Å². The number of amides is 1. The van der Waals surface area contributed by atoms with Crippen LogP contribution in [0, 0.1) is 0 Å². The molecule has 0 saturated carbocycles. The lowest BCUT2D eigenvalue weighted by molar-refractivity contribution is -0.147. The molecular weight excluding hydrogens is 318 g/mol. The van der Waals surface area contributed by atoms with Crippen molar-refractivity contribution in [2.24, 2.45) is 5.73 Å². The molecule has 1 unspecified atom stereocenters. The number of carboxylic acids is 1. The Hall–Kier alpha value is -1.03. The molecule has 6 nitrogen and oxygen atoms in total. The Morgan fingerprint density at radius 3 is 3.10 bits per heavy atom. The van der Waals surface area contributed by atoms with Gasteiger partial charge < -0.3 is 10.8 Å². The van der Waals surface area contributed by atoms with Gasteiger partial charge in [0.25, 0.3) is 0 Å². The van der Waals surface area contributed by atoms with Crippen molar-refractivity contribution in [3.63, 3.8) is 0 Å². The zero-order valence-corrected chi connectivity index (χ0v) is 12.6. The Kier molecular flexibility index (Phi) is 3.76. The summed E-state index contributed by atoms with van der Waals surface area (Å²) in [7, 11) is 0. The number of aromatic nitrogens is 1. The average molecular weight is 329 g/mol. The Labute approximate surface area is 127 Å². The maximum atomic E-state index is 11.8. The molecule has 9 heteroatoms.